The van der Waals surface area contributed by atoms with E-state index < -0.39 is 5.82 Å². The molecular formula is C13H14FN3. The van der Waals surface area contributed by atoms with Crippen molar-refractivity contribution in [1.82, 2.24) is 9.97 Å². The Morgan fingerprint density at radius 2 is 1.82 bits per heavy atom. The Morgan fingerprint density at radius 3 is 2.41 bits per heavy atom. The molecule has 2 rings (SSSR count). The summed E-state index contributed by atoms with van der Waals surface area (Å²) in [5.74, 6) is 0.0189. The van der Waals surface area contributed by atoms with E-state index in [2.05, 4.69) is 22.2 Å². The molecule has 0 fully saturated rings. The zero-order valence-electron chi connectivity index (χ0n) is 9.60. The molecular weight excluding hydrogens is 217 g/mol. The highest BCUT2D eigenvalue weighted by atomic mass is 19.1. The van der Waals surface area contributed by atoms with E-state index in [1.165, 1.54) is 5.56 Å². The first kappa shape index (κ1) is 11.5. The molecule has 0 saturated carbocycles. The molecule has 0 spiro atoms. The van der Waals surface area contributed by atoms with E-state index in [4.69, 9.17) is 0 Å². The largest absolute Gasteiger partial charge is 0.347 e. The van der Waals surface area contributed by atoms with Crippen LogP contribution in [0.3, 0.4) is 0 Å². The second kappa shape index (κ2) is 5.39. The molecule has 88 valence electrons. The number of halogens is 1. The first-order valence-electron chi connectivity index (χ1n) is 5.58. The Bertz CT molecular complexity index is 456. The van der Waals surface area contributed by atoms with Crippen LogP contribution in [0.4, 0.5) is 10.3 Å². The minimum absolute atomic E-state index is 0.140. The first-order chi connectivity index (χ1) is 8.29. The van der Waals surface area contributed by atoms with Crippen LogP contribution in [0.2, 0.25) is 0 Å². The molecule has 1 atom stereocenters. The monoisotopic (exact) mass is 231 g/mol. The fourth-order valence-electron chi connectivity index (χ4n) is 1.65. The van der Waals surface area contributed by atoms with Gasteiger partial charge in [-0.05, 0) is 12.0 Å². The van der Waals surface area contributed by atoms with Gasteiger partial charge in [-0.25, -0.2) is 14.4 Å². The van der Waals surface area contributed by atoms with Gasteiger partial charge < -0.3 is 5.32 Å². The highest BCUT2D eigenvalue weighted by Crippen LogP contribution is 2.19. The van der Waals surface area contributed by atoms with Crippen LogP contribution in [-0.4, -0.2) is 9.97 Å². The van der Waals surface area contributed by atoms with Gasteiger partial charge in [0, 0.05) is 0 Å². The van der Waals surface area contributed by atoms with Crippen LogP contribution in [0, 0.1) is 5.82 Å². The number of anilines is 1. The van der Waals surface area contributed by atoms with Crippen molar-refractivity contribution in [2.75, 3.05) is 5.32 Å². The molecule has 1 aromatic heterocycles. The maximum atomic E-state index is 12.7. The van der Waals surface area contributed by atoms with E-state index in [0.717, 1.165) is 18.8 Å². The van der Waals surface area contributed by atoms with Crippen molar-refractivity contribution in [1.29, 1.82) is 0 Å². The minimum Gasteiger partial charge on any atom is -0.347 e. The maximum Gasteiger partial charge on any atom is 0.223 e. The van der Waals surface area contributed by atoms with Crippen LogP contribution in [-0.2, 0) is 0 Å². The number of nitrogens with zero attached hydrogens (tertiary/aromatic N) is 2. The van der Waals surface area contributed by atoms with Crippen LogP contribution in [0.15, 0.2) is 42.7 Å². The molecule has 1 unspecified atom stereocenters. The summed E-state index contributed by atoms with van der Waals surface area (Å²) in [5.41, 5.74) is 1.17. The fraction of sp³-hybridized carbons (Fsp3) is 0.231. The number of rotatable bonds is 4. The predicted molar refractivity (Wildman–Crippen MR) is 65.1 cm³/mol. The minimum atomic E-state index is -0.427. The maximum absolute atomic E-state index is 12.7. The summed E-state index contributed by atoms with van der Waals surface area (Å²) in [5, 5.41) is 3.18. The van der Waals surface area contributed by atoms with Gasteiger partial charge in [0.2, 0.25) is 5.95 Å². The molecule has 0 aliphatic rings. The topological polar surface area (TPSA) is 37.8 Å². The number of hydrogen-bond acceptors (Lipinski definition) is 3. The van der Waals surface area contributed by atoms with Gasteiger partial charge in [0.05, 0.1) is 18.4 Å². The summed E-state index contributed by atoms with van der Waals surface area (Å²) >= 11 is 0. The van der Waals surface area contributed by atoms with Crippen molar-refractivity contribution >= 4 is 5.95 Å². The smallest absolute Gasteiger partial charge is 0.223 e. The Labute approximate surface area is 99.7 Å². The number of benzene rings is 1. The van der Waals surface area contributed by atoms with Gasteiger partial charge in [0.15, 0.2) is 5.82 Å². The van der Waals surface area contributed by atoms with Gasteiger partial charge in [0.25, 0.3) is 0 Å². The molecule has 0 saturated heterocycles. The van der Waals surface area contributed by atoms with Crippen molar-refractivity contribution in [3.63, 3.8) is 0 Å². The standard InChI is InChI=1S/C13H14FN3/c1-2-12(10-6-4-3-5-7-10)17-13-15-8-11(14)9-16-13/h3-9,12H,2H2,1H3,(H,15,16,17). The van der Waals surface area contributed by atoms with E-state index in [-0.39, 0.29) is 6.04 Å². The number of hydrogen-bond donors (Lipinski definition) is 1. The Kier molecular flexibility index (Phi) is 3.65. The van der Waals surface area contributed by atoms with E-state index in [9.17, 15) is 4.39 Å². The molecule has 1 heterocycles. The van der Waals surface area contributed by atoms with E-state index in [1.54, 1.807) is 0 Å². The SMILES string of the molecule is CCC(Nc1ncc(F)cn1)c1ccccc1. The van der Waals surface area contributed by atoms with E-state index >= 15 is 0 Å². The highest BCUT2D eigenvalue weighted by Gasteiger charge is 2.09. The second-order valence-corrected chi connectivity index (χ2v) is 3.74. The molecule has 17 heavy (non-hydrogen) atoms. The lowest BCUT2D eigenvalue weighted by atomic mass is 10.1. The van der Waals surface area contributed by atoms with Gasteiger partial charge in [-0.15, -0.1) is 0 Å². The zero-order chi connectivity index (χ0) is 12.1. The molecule has 3 nitrogen and oxygen atoms in total. The van der Waals surface area contributed by atoms with Crippen LogP contribution in [0.25, 0.3) is 0 Å². The van der Waals surface area contributed by atoms with Gasteiger partial charge >= 0.3 is 0 Å². The van der Waals surface area contributed by atoms with Crippen molar-refractivity contribution in [2.45, 2.75) is 19.4 Å². The summed E-state index contributed by atoms with van der Waals surface area (Å²) in [6.45, 7) is 2.08. The summed E-state index contributed by atoms with van der Waals surface area (Å²) in [6, 6.07) is 10.2. The number of aromatic nitrogens is 2. The lowest BCUT2D eigenvalue weighted by Gasteiger charge is -2.16. The molecule has 1 aromatic carbocycles. The molecule has 0 radical (unpaired) electrons. The molecule has 0 aliphatic heterocycles. The Balaban J connectivity index is 2.13. The molecule has 4 heteroatoms. The summed E-state index contributed by atoms with van der Waals surface area (Å²) in [4.78, 5) is 7.79. The zero-order valence-corrected chi connectivity index (χ0v) is 9.60. The van der Waals surface area contributed by atoms with Gasteiger partial charge in [-0.3, -0.25) is 0 Å². The quantitative estimate of drug-likeness (QED) is 0.878. The van der Waals surface area contributed by atoms with Crippen molar-refractivity contribution < 1.29 is 4.39 Å². The third-order valence-electron chi connectivity index (χ3n) is 2.53. The third-order valence-corrected chi connectivity index (χ3v) is 2.53. The second-order valence-electron chi connectivity index (χ2n) is 3.74. The highest BCUT2D eigenvalue weighted by molar-refractivity contribution is 5.31. The van der Waals surface area contributed by atoms with Crippen LogP contribution < -0.4 is 5.32 Å². The average molecular weight is 231 g/mol. The van der Waals surface area contributed by atoms with E-state index in [0.29, 0.717) is 5.95 Å². The summed E-state index contributed by atoms with van der Waals surface area (Å²) in [7, 11) is 0. The summed E-state index contributed by atoms with van der Waals surface area (Å²) in [6.07, 6.45) is 3.23. The Hall–Kier alpha value is -1.97. The molecule has 0 amide bonds. The average Bonchev–Trinajstić information content (AvgIpc) is 2.39. The van der Waals surface area contributed by atoms with Gasteiger partial charge in [0.1, 0.15) is 0 Å². The van der Waals surface area contributed by atoms with Crippen LogP contribution >= 0.6 is 0 Å². The molecule has 2 aromatic rings. The van der Waals surface area contributed by atoms with Crippen molar-refractivity contribution in [3.05, 3.63) is 54.1 Å². The summed E-state index contributed by atoms with van der Waals surface area (Å²) < 4.78 is 12.7. The first-order valence-corrected chi connectivity index (χ1v) is 5.58. The number of nitrogens with one attached hydrogen (secondary N) is 1. The molecule has 1 N–H and O–H groups in total. The van der Waals surface area contributed by atoms with Gasteiger partial charge in [-0.2, -0.15) is 0 Å². The lowest BCUT2D eigenvalue weighted by molar-refractivity contribution is 0.612. The molecule has 0 aliphatic carbocycles. The van der Waals surface area contributed by atoms with Crippen molar-refractivity contribution in [2.24, 2.45) is 0 Å². The van der Waals surface area contributed by atoms with E-state index in [1.807, 2.05) is 30.3 Å². The van der Waals surface area contributed by atoms with Gasteiger partial charge in [-0.1, -0.05) is 37.3 Å². The predicted octanol–water partition coefficient (Wildman–Crippen LogP) is 3.18. The lowest BCUT2D eigenvalue weighted by Crippen LogP contribution is -2.11. The van der Waals surface area contributed by atoms with Crippen LogP contribution in [0.1, 0.15) is 24.9 Å². The van der Waals surface area contributed by atoms with Crippen molar-refractivity contribution in [3.8, 4) is 0 Å². The Morgan fingerprint density at radius 1 is 1.18 bits per heavy atom. The van der Waals surface area contributed by atoms with Crippen LogP contribution in [0.5, 0.6) is 0 Å². The fourth-order valence-corrected chi connectivity index (χ4v) is 1.65. The third kappa shape index (κ3) is 3.00. The normalized spacial score (nSPS) is 12.1. The molecule has 0 bridgehead atoms.